The number of nitrogens with one attached hydrogen (secondary N) is 1. The lowest BCUT2D eigenvalue weighted by Crippen LogP contribution is -2.48. The van der Waals surface area contributed by atoms with Crippen molar-refractivity contribution >= 4 is 17.5 Å². The van der Waals surface area contributed by atoms with E-state index >= 15 is 0 Å². The first-order chi connectivity index (χ1) is 13.4. The topological polar surface area (TPSA) is 84.7 Å². The zero-order chi connectivity index (χ0) is 20.1. The number of carbonyl (C=O) groups is 2. The van der Waals surface area contributed by atoms with E-state index in [1.807, 2.05) is 6.92 Å². The Hall–Kier alpha value is -3.09. The molecule has 2 aromatic carbocycles. The average Bonchev–Trinajstić information content (AvgIpc) is 2.66. The third-order valence-corrected chi connectivity index (χ3v) is 4.76. The van der Waals surface area contributed by atoms with Crippen LogP contribution in [0.15, 0.2) is 42.5 Å². The molecule has 1 aliphatic heterocycles. The molecule has 0 saturated carbocycles. The number of hydrogen-bond acceptors (Lipinski definition) is 4. The standard InChI is InChI=1S/C21H24FN3O3/c1-14-11-15(22)8-9-18(14)25-10-4-5-16(12-25)24-21(27)17-6-2-3-7-19(17)28-13-20(23)26/h2-3,6-9,11,16H,4-5,10,12-13H2,1H3,(H2,23,26)(H,24,27). The molecule has 2 amide bonds. The smallest absolute Gasteiger partial charge is 0.255 e. The average molecular weight is 385 g/mol. The fourth-order valence-corrected chi connectivity index (χ4v) is 3.48. The van der Waals surface area contributed by atoms with Gasteiger partial charge in [-0.2, -0.15) is 0 Å². The zero-order valence-corrected chi connectivity index (χ0v) is 15.8. The Morgan fingerprint density at radius 3 is 2.82 bits per heavy atom. The van der Waals surface area contributed by atoms with E-state index in [4.69, 9.17) is 10.5 Å². The maximum absolute atomic E-state index is 13.4. The van der Waals surface area contributed by atoms with Crippen LogP contribution < -0.4 is 20.7 Å². The first-order valence-corrected chi connectivity index (χ1v) is 9.26. The van der Waals surface area contributed by atoms with E-state index in [1.54, 1.807) is 30.3 Å². The summed E-state index contributed by atoms with van der Waals surface area (Å²) in [4.78, 5) is 25.9. The Kier molecular flexibility index (Phi) is 6.13. The van der Waals surface area contributed by atoms with Gasteiger partial charge < -0.3 is 20.7 Å². The fourth-order valence-electron chi connectivity index (χ4n) is 3.48. The number of benzene rings is 2. The van der Waals surface area contributed by atoms with Crippen LogP contribution in [-0.4, -0.2) is 37.6 Å². The summed E-state index contributed by atoms with van der Waals surface area (Å²) in [6.07, 6.45) is 1.77. The Morgan fingerprint density at radius 1 is 1.29 bits per heavy atom. The number of amides is 2. The van der Waals surface area contributed by atoms with E-state index < -0.39 is 5.91 Å². The van der Waals surface area contributed by atoms with E-state index in [0.717, 1.165) is 30.6 Å². The molecule has 0 bridgehead atoms. The van der Waals surface area contributed by atoms with Crippen molar-refractivity contribution in [1.29, 1.82) is 0 Å². The number of hydrogen-bond donors (Lipinski definition) is 2. The van der Waals surface area contributed by atoms with Crippen molar-refractivity contribution in [2.24, 2.45) is 5.73 Å². The van der Waals surface area contributed by atoms with Crippen LogP contribution in [0.1, 0.15) is 28.8 Å². The molecule has 0 radical (unpaired) electrons. The number of halogens is 1. The Labute approximate surface area is 163 Å². The van der Waals surface area contributed by atoms with E-state index in [9.17, 15) is 14.0 Å². The van der Waals surface area contributed by atoms with Crippen molar-refractivity contribution in [3.05, 3.63) is 59.4 Å². The Balaban J connectivity index is 1.68. The second kappa shape index (κ2) is 8.73. The molecule has 0 aromatic heterocycles. The number of piperidine rings is 1. The summed E-state index contributed by atoms with van der Waals surface area (Å²) in [6, 6.07) is 11.5. The number of rotatable bonds is 6. The molecule has 1 fully saturated rings. The summed E-state index contributed by atoms with van der Waals surface area (Å²) < 4.78 is 18.7. The van der Waals surface area contributed by atoms with Crippen molar-refractivity contribution in [1.82, 2.24) is 5.32 Å². The molecule has 148 valence electrons. The summed E-state index contributed by atoms with van der Waals surface area (Å²) >= 11 is 0. The van der Waals surface area contributed by atoms with Gasteiger partial charge in [0.1, 0.15) is 11.6 Å². The highest BCUT2D eigenvalue weighted by Crippen LogP contribution is 2.25. The van der Waals surface area contributed by atoms with Gasteiger partial charge in [0.2, 0.25) is 0 Å². The van der Waals surface area contributed by atoms with Crippen LogP contribution in [0.25, 0.3) is 0 Å². The van der Waals surface area contributed by atoms with Crippen LogP contribution in [0.5, 0.6) is 5.75 Å². The van der Waals surface area contributed by atoms with Crippen LogP contribution in [0, 0.1) is 12.7 Å². The minimum absolute atomic E-state index is 0.0464. The molecule has 1 saturated heterocycles. The Bertz CT molecular complexity index is 872. The fraction of sp³-hybridized carbons (Fsp3) is 0.333. The van der Waals surface area contributed by atoms with Crippen molar-refractivity contribution in [2.45, 2.75) is 25.8 Å². The molecule has 2 aromatic rings. The number of anilines is 1. The number of carbonyl (C=O) groups excluding carboxylic acids is 2. The lowest BCUT2D eigenvalue weighted by Gasteiger charge is -2.35. The number of para-hydroxylation sites is 1. The number of ether oxygens (including phenoxy) is 1. The van der Waals surface area contributed by atoms with Gasteiger partial charge in [0, 0.05) is 24.8 Å². The van der Waals surface area contributed by atoms with Gasteiger partial charge in [-0.25, -0.2) is 4.39 Å². The number of nitrogens with zero attached hydrogens (tertiary/aromatic N) is 1. The molecule has 0 aliphatic carbocycles. The molecule has 0 spiro atoms. The quantitative estimate of drug-likeness (QED) is 0.800. The maximum Gasteiger partial charge on any atom is 0.255 e. The van der Waals surface area contributed by atoms with Crippen LogP contribution in [0.4, 0.5) is 10.1 Å². The van der Waals surface area contributed by atoms with E-state index in [0.29, 0.717) is 17.9 Å². The molecule has 1 atom stereocenters. The second-order valence-electron chi connectivity index (χ2n) is 6.94. The highest BCUT2D eigenvalue weighted by molar-refractivity contribution is 5.97. The predicted molar refractivity (Wildman–Crippen MR) is 105 cm³/mol. The van der Waals surface area contributed by atoms with Crippen LogP contribution in [-0.2, 0) is 4.79 Å². The molecular formula is C21H24FN3O3. The van der Waals surface area contributed by atoms with Crippen molar-refractivity contribution in [2.75, 3.05) is 24.6 Å². The third-order valence-electron chi connectivity index (χ3n) is 4.76. The number of aryl methyl sites for hydroxylation is 1. The van der Waals surface area contributed by atoms with Gasteiger partial charge in [0.05, 0.1) is 5.56 Å². The van der Waals surface area contributed by atoms with Crippen LogP contribution in [0.2, 0.25) is 0 Å². The zero-order valence-electron chi connectivity index (χ0n) is 15.8. The lowest BCUT2D eigenvalue weighted by atomic mass is 10.0. The van der Waals surface area contributed by atoms with Gasteiger partial charge in [-0.1, -0.05) is 12.1 Å². The minimum atomic E-state index is -0.604. The van der Waals surface area contributed by atoms with Gasteiger partial charge in [-0.05, 0) is 55.7 Å². The Morgan fingerprint density at radius 2 is 2.07 bits per heavy atom. The molecule has 6 nitrogen and oxygen atoms in total. The molecule has 1 unspecified atom stereocenters. The van der Waals surface area contributed by atoms with Crippen molar-refractivity contribution < 1.29 is 18.7 Å². The van der Waals surface area contributed by atoms with Gasteiger partial charge in [-0.15, -0.1) is 0 Å². The third kappa shape index (κ3) is 4.79. The van der Waals surface area contributed by atoms with E-state index in [-0.39, 0.29) is 24.4 Å². The van der Waals surface area contributed by atoms with Crippen molar-refractivity contribution in [3.8, 4) is 5.75 Å². The van der Waals surface area contributed by atoms with Crippen LogP contribution in [0.3, 0.4) is 0 Å². The molecule has 3 N–H and O–H groups in total. The molecular weight excluding hydrogens is 361 g/mol. The highest BCUT2D eigenvalue weighted by Gasteiger charge is 2.24. The molecule has 28 heavy (non-hydrogen) atoms. The van der Waals surface area contributed by atoms with Gasteiger partial charge in [0.15, 0.2) is 6.61 Å². The first-order valence-electron chi connectivity index (χ1n) is 9.26. The van der Waals surface area contributed by atoms with Gasteiger partial charge >= 0.3 is 0 Å². The lowest BCUT2D eigenvalue weighted by molar-refractivity contribution is -0.119. The summed E-state index contributed by atoms with van der Waals surface area (Å²) in [5, 5.41) is 3.04. The molecule has 3 rings (SSSR count). The summed E-state index contributed by atoms with van der Waals surface area (Å²) in [7, 11) is 0. The molecule has 1 aliphatic rings. The van der Waals surface area contributed by atoms with E-state index in [1.165, 1.54) is 12.1 Å². The van der Waals surface area contributed by atoms with Crippen LogP contribution >= 0.6 is 0 Å². The summed E-state index contributed by atoms with van der Waals surface area (Å²) in [6.45, 7) is 3.10. The first kappa shape index (κ1) is 19.7. The number of primary amides is 1. The molecule has 1 heterocycles. The summed E-state index contributed by atoms with van der Waals surface area (Å²) in [5.41, 5.74) is 7.32. The van der Waals surface area contributed by atoms with Gasteiger partial charge in [0.25, 0.3) is 11.8 Å². The number of nitrogens with two attached hydrogens (primary N) is 1. The van der Waals surface area contributed by atoms with E-state index in [2.05, 4.69) is 10.2 Å². The SMILES string of the molecule is Cc1cc(F)ccc1N1CCCC(NC(=O)c2ccccc2OCC(N)=O)C1. The monoisotopic (exact) mass is 385 g/mol. The molecule has 7 heteroatoms. The predicted octanol–water partition coefficient (Wildman–Crippen LogP) is 2.40. The summed E-state index contributed by atoms with van der Waals surface area (Å²) in [5.74, 6) is -0.799. The maximum atomic E-state index is 13.4. The normalized spacial score (nSPS) is 16.5. The van der Waals surface area contributed by atoms with Gasteiger partial charge in [-0.3, -0.25) is 9.59 Å². The second-order valence-corrected chi connectivity index (χ2v) is 6.94. The largest absolute Gasteiger partial charge is 0.483 e. The minimum Gasteiger partial charge on any atom is -0.483 e. The highest BCUT2D eigenvalue weighted by atomic mass is 19.1. The van der Waals surface area contributed by atoms with Crippen molar-refractivity contribution in [3.63, 3.8) is 0 Å².